The van der Waals surface area contributed by atoms with Crippen LogP contribution in [0, 0.1) is 5.82 Å². The number of rotatable bonds is 2. The molecule has 0 radical (unpaired) electrons. The van der Waals surface area contributed by atoms with Gasteiger partial charge in [-0.2, -0.15) is 0 Å². The van der Waals surface area contributed by atoms with Gasteiger partial charge >= 0.3 is 0 Å². The average molecular weight is 305 g/mol. The van der Waals surface area contributed by atoms with E-state index >= 15 is 0 Å². The van der Waals surface area contributed by atoms with Gasteiger partial charge in [-0.1, -0.05) is 17.7 Å². The number of anilines is 3. The first-order valence-electron chi connectivity index (χ1n) is 6.49. The van der Waals surface area contributed by atoms with Crippen LogP contribution in [0.3, 0.4) is 0 Å². The van der Waals surface area contributed by atoms with E-state index < -0.39 is 5.82 Å². The largest absolute Gasteiger partial charge is 0.384 e. The van der Waals surface area contributed by atoms with Crippen LogP contribution in [0.15, 0.2) is 48.7 Å². The van der Waals surface area contributed by atoms with Crippen LogP contribution < -0.4 is 15.5 Å². The van der Waals surface area contributed by atoms with E-state index in [4.69, 9.17) is 17.3 Å². The first kappa shape index (κ1) is 13.7. The summed E-state index contributed by atoms with van der Waals surface area (Å²) in [7, 11) is 0. The Kier molecular flexibility index (Phi) is 3.66. The number of hydrogen-bond donors (Lipinski definition) is 1. The van der Waals surface area contributed by atoms with Gasteiger partial charge in [0.05, 0.1) is 11.7 Å². The lowest BCUT2D eigenvalue weighted by molar-refractivity contribution is 0.628. The number of hydrogen-bond acceptors (Lipinski definition) is 4. The summed E-state index contributed by atoms with van der Waals surface area (Å²) < 4.78 is 13.3. The molecule has 3 rings (SSSR count). The molecule has 1 aromatic heterocycles. The van der Waals surface area contributed by atoms with Gasteiger partial charge in [0.2, 0.25) is 0 Å². The van der Waals surface area contributed by atoms with Gasteiger partial charge < -0.3 is 15.5 Å². The fourth-order valence-corrected chi connectivity index (χ4v) is 2.38. The molecule has 2 heterocycles. The number of aromatic nitrogens is 1. The number of pyridine rings is 1. The molecule has 1 aliphatic rings. The Morgan fingerprint density at radius 3 is 2.86 bits per heavy atom. The summed E-state index contributed by atoms with van der Waals surface area (Å²) in [5.41, 5.74) is 6.57. The SMILES string of the molecule is Nc1cccc(N2C=CCN(c3ccc(F)c(Cl)c3)C2)n1. The highest BCUT2D eigenvalue weighted by Gasteiger charge is 2.16. The van der Waals surface area contributed by atoms with E-state index in [0.29, 0.717) is 12.5 Å². The first-order valence-corrected chi connectivity index (χ1v) is 6.87. The van der Waals surface area contributed by atoms with Crippen molar-refractivity contribution in [2.45, 2.75) is 0 Å². The van der Waals surface area contributed by atoms with Gasteiger partial charge in [-0.05, 0) is 36.4 Å². The van der Waals surface area contributed by atoms with Crippen molar-refractivity contribution in [2.75, 3.05) is 28.7 Å². The summed E-state index contributed by atoms with van der Waals surface area (Å²) in [5, 5.41) is 0.121. The Hall–Kier alpha value is -2.27. The van der Waals surface area contributed by atoms with Crippen molar-refractivity contribution in [1.29, 1.82) is 0 Å². The Morgan fingerprint density at radius 1 is 1.24 bits per heavy atom. The van der Waals surface area contributed by atoms with Gasteiger partial charge in [0.15, 0.2) is 0 Å². The molecule has 0 amide bonds. The third-order valence-corrected chi connectivity index (χ3v) is 3.54. The molecule has 4 nitrogen and oxygen atoms in total. The van der Waals surface area contributed by atoms with Gasteiger partial charge in [-0.3, -0.25) is 0 Å². The molecule has 21 heavy (non-hydrogen) atoms. The highest BCUT2D eigenvalue weighted by Crippen LogP contribution is 2.25. The maximum atomic E-state index is 13.3. The van der Waals surface area contributed by atoms with E-state index in [9.17, 15) is 4.39 Å². The van der Waals surface area contributed by atoms with Crippen LogP contribution in [0.4, 0.5) is 21.7 Å². The zero-order valence-electron chi connectivity index (χ0n) is 11.2. The number of nitrogen functional groups attached to an aromatic ring is 1. The molecule has 0 saturated carbocycles. The normalized spacial score (nSPS) is 14.6. The second-order valence-electron chi connectivity index (χ2n) is 4.74. The molecule has 2 N–H and O–H groups in total. The molecule has 108 valence electrons. The lowest BCUT2D eigenvalue weighted by Crippen LogP contribution is -2.39. The Balaban J connectivity index is 1.84. The van der Waals surface area contributed by atoms with Crippen molar-refractivity contribution in [1.82, 2.24) is 4.98 Å². The molecule has 1 aromatic carbocycles. The third kappa shape index (κ3) is 2.92. The molecule has 0 spiro atoms. The minimum atomic E-state index is -0.415. The first-order chi connectivity index (χ1) is 10.1. The molecule has 0 atom stereocenters. The van der Waals surface area contributed by atoms with E-state index in [2.05, 4.69) is 9.88 Å². The molecule has 0 fully saturated rings. The van der Waals surface area contributed by atoms with Crippen LogP contribution in [0.25, 0.3) is 0 Å². The number of benzene rings is 1. The quantitative estimate of drug-likeness (QED) is 0.925. The van der Waals surface area contributed by atoms with Crippen LogP contribution in [-0.4, -0.2) is 18.2 Å². The van der Waals surface area contributed by atoms with Crippen molar-refractivity contribution in [3.8, 4) is 0 Å². The smallest absolute Gasteiger partial charge is 0.141 e. The molecule has 0 bridgehead atoms. The molecular weight excluding hydrogens is 291 g/mol. The van der Waals surface area contributed by atoms with Gasteiger partial charge in [0.25, 0.3) is 0 Å². The second-order valence-corrected chi connectivity index (χ2v) is 5.14. The molecule has 1 aliphatic heterocycles. The fraction of sp³-hybridized carbons (Fsp3) is 0.133. The second kappa shape index (κ2) is 5.61. The Labute approximate surface area is 127 Å². The molecule has 6 heteroatoms. The maximum Gasteiger partial charge on any atom is 0.141 e. The van der Waals surface area contributed by atoms with Crippen molar-refractivity contribution < 1.29 is 4.39 Å². The van der Waals surface area contributed by atoms with Crippen LogP contribution in [-0.2, 0) is 0 Å². The van der Waals surface area contributed by atoms with Crippen LogP contribution in [0.5, 0.6) is 0 Å². The van der Waals surface area contributed by atoms with Gasteiger partial charge in [-0.15, -0.1) is 0 Å². The molecule has 0 saturated heterocycles. The summed E-state index contributed by atoms with van der Waals surface area (Å²) in [6, 6.07) is 10.2. The predicted octanol–water partition coefficient (Wildman–Crippen LogP) is 3.25. The third-order valence-electron chi connectivity index (χ3n) is 3.25. The lowest BCUT2D eigenvalue weighted by Gasteiger charge is -2.33. The minimum absolute atomic E-state index is 0.121. The molecule has 0 unspecified atom stereocenters. The van der Waals surface area contributed by atoms with Gasteiger partial charge in [-0.25, -0.2) is 9.37 Å². The van der Waals surface area contributed by atoms with E-state index in [1.54, 1.807) is 18.2 Å². The fourth-order valence-electron chi connectivity index (χ4n) is 2.21. The highest BCUT2D eigenvalue weighted by atomic mass is 35.5. The van der Waals surface area contributed by atoms with Gasteiger partial charge in [0.1, 0.15) is 17.5 Å². The summed E-state index contributed by atoms with van der Waals surface area (Å²) in [6.07, 6.45) is 3.97. The van der Waals surface area contributed by atoms with Crippen LogP contribution >= 0.6 is 11.6 Å². The van der Waals surface area contributed by atoms with E-state index in [0.717, 1.165) is 18.1 Å². The zero-order valence-corrected chi connectivity index (χ0v) is 12.0. The zero-order chi connectivity index (χ0) is 14.8. The van der Waals surface area contributed by atoms with Crippen LogP contribution in [0.2, 0.25) is 5.02 Å². The van der Waals surface area contributed by atoms with E-state index in [1.807, 2.05) is 29.3 Å². The molecular formula is C15H14ClFN4. The Bertz CT molecular complexity index is 689. The summed E-state index contributed by atoms with van der Waals surface area (Å²) in [5.74, 6) is 0.828. The summed E-state index contributed by atoms with van der Waals surface area (Å²) in [4.78, 5) is 8.33. The molecule has 0 aliphatic carbocycles. The Morgan fingerprint density at radius 2 is 2.10 bits per heavy atom. The van der Waals surface area contributed by atoms with Crippen LogP contribution in [0.1, 0.15) is 0 Å². The minimum Gasteiger partial charge on any atom is -0.384 e. The molecule has 2 aromatic rings. The van der Waals surface area contributed by atoms with Gasteiger partial charge in [0, 0.05) is 18.4 Å². The lowest BCUT2D eigenvalue weighted by atomic mass is 10.2. The summed E-state index contributed by atoms with van der Waals surface area (Å²) >= 11 is 5.85. The van der Waals surface area contributed by atoms with E-state index in [-0.39, 0.29) is 5.02 Å². The highest BCUT2D eigenvalue weighted by molar-refractivity contribution is 6.31. The number of nitrogens with zero attached hydrogens (tertiary/aromatic N) is 3. The standard InChI is InChI=1S/C15H14ClFN4/c16-12-9-11(5-6-13(12)17)20-7-2-8-21(10-20)15-4-1-3-14(18)19-15/h1-6,8-9H,7,10H2,(H2,18,19). The number of nitrogens with two attached hydrogens (primary N) is 1. The average Bonchev–Trinajstić information content (AvgIpc) is 2.50. The monoisotopic (exact) mass is 304 g/mol. The van der Waals surface area contributed by atoms with E-state index in [1.165, 1.54) is 6.07 Å². The topological polar surface area (TPSA) is 45.4 Å². The van der Waals surface area contributed by atoms with Crippen molar-refractivity contribution >= 4 is 28.9 Å². The predicted molar refractivity (Wildman–Crippen MR) is 83.9 cm³/mol. The maximum absolute atomic E-state index is 13.3. The van der Waals surface area contributed by atoms with Crippen molar-refractivity contribution in [3.63, 3.8) is 0 Å². The van der Waals surface area contributed by atoms with Crippen molar-refractivity contribution in [3.05, 3.63) is 59.5 Å². The number of halogens is 2. The summed E-state index contributed by atoms with van der Waals surface area (Å²) in [6.45, 7) is 1.32. The van der Waals surface area contributed by atoms with Crippen molar-refractivity contribution in [2.24, 2.45) is 0 Å².